The highest BCUT2D eigenvalue weighted by atomic mass is 16.3. The third-order valence-corrected chi connectivity index (χ3v) is 3.27. The van der Waals surface area contributed by atoms with Crippen LogP contribution >= 0.6 is 0 Å². The molecule has 0 aliphatic rings. The van der Waals surface area contributed by atoms with Gasteiger partial charge in [-0.25, -0.2) is 0 Å². The number of aromatic hydroxyl groups is 1. The minimum absolute atomic E-state index is 0.160. The molecule has 0 unspecified atom stereocenters. The van der Waals surface area contributed by atoms with E-state index in [1.54, 1.807) is 36.5 Å². The van der Waals surface area contributed by atoms with Crippen molar-refractivity contribution in [3.05, 3.63) is 71.9 Å². The van der Waals surface area contributed by atoms with Gasteiger partial charge in [-0.3, -0.25) is 9.78 Å². The van der Waals surface area contributed by atoms with Gasteiger partial charge >= 0.3 is 0 Å². The molecule has 0 saturated heterocycles. The molecule has 3 rings (SSSR count). The Morgan fingerprint density at radius 1 is 1.05 bits per heavy atom. The van der Waals surface area contributed by atoms with Crippen LogP contribution in [0.5, 0.6) is 5.75 Å². The summed E-state index contributed by atoms with van der Waals surface area (Å²) in [4.78, 5) is 16.6. The summed E-state index contributed by atoms with van der Waals surface area (Å²) >= 11 is 0. The van der Waals surface area contributed by atoms with Crippen LogP contribution in [0.3, 0.4) is 0 Å². The zero-order chi connectivity index (χ0) is 14.7. The maximum Gasteiger partial charge on any atom is 0.253 e. The number of rotatable bonds is 3. The zero-order valence-electron chi connectivity index (χ0n) is 11.3. The first-order valence-electron chi connectivity index (χ1n) is 6.64. The Morgan fingerprint density at radius 3 is 2.62 bits per heavy atom. The quantitative estimate of drug-likeness (QED) is 0.774. The number of benzene rings is 2. The summed E-state index contributed by atoms with van der Waals surface area (Å²) in [5.41, 5.74) is 2.18. The second-order valence-electron chi connectivity index (χ2n) is 4.73. The number of carbonyl (C=O) groups excluding carboxylic acids is 1. The molecule has 0 bridgehead atoms. The highest BCUT2D eigenvalue weighted by Crippen LogP contribution is 2.16. The van der Waals surface area contributed by atoms with Crippen LogP contribution < -0.4 is 5.32 Å². The summed E-state index contributed by atoms with van der Waals surface area (Å²) in [5, 5.41) is 13.0. The predicted molar refractivity (Wildman–Crippen MR) is 81.0 cm³/mol. The maximum atomic E-state index is 12.3. The first kappa shape index (κ1) is 13.1. The van der Waals surface area contributed by atoms with Gasteiger partial charge in [-0.15, -0.1) is 0 Å². The monoisotopic (exact) mass is 278 g/mol. The first-order chi connectivity index (χ1) is 10.2. The van der Waals surface area contributed by atoms with E-state index in [1.807, 2.05) is 24.3 Å². The van der Waals surface area contributed by atoms with Crippen molar-refractivity contribution in [3.63, 3.8) is 0 Å². The summed E-state index contributed by atoms with van der Waals surface area (Å²) < 4.78 is 0. The van der Waals surface area contributed by atoms with E-state index in [0.717, 1.165) is 10.9 Å². The summed E-state index contributed by atoms with van der Waals surface area (Å²) in [7, 11) is 0. The van der Waals surface area contributed by atoms with Gasteiger partial charge in [0, 0.05) is 18.1 Å². The molecule has 104 valence electrons. The summed E-state index contributed by atoms with van der Waals surface area (Å²) in [6.07, 6.45) is 1.68. The number of hydrogen-bond acceptors (Lipinski definition) is 3. The van der Waals surface area contributed by atoms with Crippen molar-refractivity contribution in [3.8, 4) is 5.75 Å². The van der Waals surface area contributed by atoms with Crippen molar-refractivity contribution < 1.29 is 9.90 Å². The third-order valence-electron chi connectivity index (χ3n) is 3.27. The predicted octanol–water partition coefficient (Wildman–Crippen LogP) is 2.87. The van der Waals surface area contributed by atoms with Crippen molar-refractivity contribution >= 4 is 16.8 Å². The number of nitrogens with one attached hydrogen (secondary N) is 1. The van der Waals surface area contributed by atoms with Crippen molar-refractivity contribution in [2.75, 3.05) is 0 Å². The number of amides is 1. The van der Waals surface area contributed by atoms with Crippen LogP contribution in [0.25, 0.3) is 10.9 Å². The van der Waals surface area contributed by atoms with Gasteiger partial charge in [-0.05, 0) is 29.8 Å². The molecule has 1 heterocycles. The average Bonchev–Trinajstić information content (AvgIpc) is 2.53. The van der Waals surface area contributed by atoms with E-state index in [9.17, 15) is 9.90 Å². The SMILES string of the molecule is O=C(NCc1ccc(O)cc1)c1cccc2cccnc12. The lowest BCUT2D eigenvalue weighted by atomic mass is 10.1. The summed E-state index contributed by atoms with van der Waals surface area (Å²) in [6.45, 7) is 0.405. The van der Waals surface area contributed by atoms with Crippen LogP contribution in [0.2, 0.25) is 0 Å². The Morgan fingerprint density at radius 2 is 1.81 bits per heavy atom. The molecule has 3 aromatic rings. The van der Waals surface area contributed by atoms with Crippen LogP contribution in [0.1, 0.15) is 15.9 Å². The van der Waals surface area contributed by atoms with Gasteiger partial charge in [-0.1, -0.05) is 30.3 Å². The lowest BCUT2D eigenvalue weighted by Crippen LogP contribution is -2.23. The summed E-state index contributed by atoms with van der Waals surface area (Å²) in [6, 6.07) is 16.1. The van der Waals surface area contributed by atoms with Gasteiger partial charge in [0.15, 0.2) is 0 Å². The van der Waals surface area contributed by atoms with E-state index in [2.05, 4.69) is 10.3 Å². The van der Waals surface area contributed by atoms with Crippen LogP contribution in [0.15, 0.2) is 60.8 Å². The average molecular weight is 278 g/mol. The Hall–Kier alpha value is -2.88. The number of nitrogens with zero attached hydrogens (tertiary/aromatic N) is 1. The zero-order valence-corrected chi connectivity index (χ0v) is 11.3. The van der Waals surface area contributed by atoms with Crippen molar-refractivity contribution in [1.82, 2.24) is 10.3 Å². The topological polar surface area (TPSA) is 62.2 Å². The minimum atomic E-state index is -0.160. The van der Waals surface area contributed by atoms with Crippen molar-refractivity contribution in [1.29, 1.82) is 0 Å². The molecule has 0 spiro atoms. The van der Waals surface area contributed by atoms with Crippen LogP contribution in [0, 0.1) is 0 Å². The van der Waals surface area contributed by atoms with E-state index in [0.29, 0.717) is 17.6 Å². The molecule has 0 aliphatic carbocycles. The number of hydrogen-bond donors (Lipinski definition) is 2. The molecule has 2 N–H and O–H groups in total. The van der Waals surface area contributed by atoms with Crippen molar-refractivity contribution in [2.24, 2.45) is 0 Å². The Balaban J connectivity index is 1.79. The fourth-order valence-electron chi connectivity index (χ4n) is 2.18. The molecule has 0 radical (unpaired) electrons. The second kappa shape index (κ2) is 5.63. The standard InChI is InChI=1S/C17H14N2O2/c20-14-8-6-12(7-9-14)11-19-17(21)15-5-1-3-13-4-2-10-18-16(13)15/h1-10,20H,11H2,(H,19,21). The number of phenols is 1. The number of para-hydroxylation sites is 1. The highest BCUT2D eigenvalue weighted by Gasteiger charge is 2.10. The number of phenolic OH excluding ortho intramolecular Hbond substituents is 1. The van der Waals surface area contributed by atoms with Crippen molar-refractivity contribution in [2.45, 2.75) is 6.54 Å². The van der Waals surface area contributed by atoms with Gasteiger partial charge in [0.1, 0.15) is 5.75 Å². The summed E-state index contributed by atoms with van der Waals surface area (Å²) in [5.74, 6) is 0.0516. The van der Waals surface area contributed by atoms with Gasteiger partial charge in [-0.2, -0.15) is 0 Å². The van der Waals surface area contributed by atoms with Gasteiger partial charge in [0.05, 0.1) is 11.1 Å². The molecule has 21 heavy (non-hydrogen) atoms. The van der Waals surface area contributed by atoms with E-state index >= 15 is 0 Å². The Kier molecular flexibility index (Phi) is 3.51. The van der Waals surface area contributed by atoms with E-state index in [-0.39, 0.29) is 11.7 Å². The van der Waals surface area contributed by atoms with Gasteiger partial charge < -0.3 is 10.4 Å². The number of carbonyl (C=O) groups is 1. The lowest BCUT2D eigenvalue weighted by Gasteiger charge is -2.07. The maximum absolute atomic E-state index is 12.3. The number of fused-ring (bicyclic) bond motifs is 1. The molecule has 0 fully saturated rings. The molecule has 0 aliphatic heterocycles. The smallest absolute Gasteiger partial charge is 0.253 e. The fourth-order valence-corrected chi connectivity index (χ4v) is 2.18. The Bertz CT molecular complexity index is 777. The first-order valence-corrected chi connectivity index (χ1v) is 6.64. The van der Waals surface area contributed by atoms with E-state index in [4.69, 9.17) is 0 Å². The minimum Gasteiger partial charge on any atom is -0.508 e. The van der Waals surface area contributed by atoms with Crippen LogP contribution in [-0.4, -0.2) is 16.0 Å². The van der Waals surface area contributed by atoms with Crippen LogP contribution in [0.4, 0.5) is 0 Å². The molecule has 4 nitrogen and oxygen atoms in total. The van der Waals surface area contributed by atoms with E-state index < -0.39 is 0 Å². The number of aromatic nitrogens is 1. The van der Waals surface area contributed by atoms with Crippen LogP contribution in [-0.2, 0) is 6.54 Å². The molecular formula is C17H14N2O2. The highest BCUT2D eigenvalue weighted by molar-refractivity contribution is 6.05. The molecule has 1 amide bonds. The third kappa shape index (κ3) is 2.84. The second-order valence-corrected chi connectivity index (χ2v) is 4.73. The van der Waals surface area contributed by atoms with Gasteiger partial charge in [0.25, 0.3) is 5.91 Å². The molecule has 4 heteroatoms. The lowest BCUT2D eigenvalue weighted by molar-refractivity contribution is 0.0952. The molecule has 0 saturated carbocycles. The molecule has 2 aromatic carbocycles. The fraction of sp³-hybridized carbons (Fsp3) is 0.0588. The number of pyridine rings is 1. The normalized spacial score (nSPS) is 10.5. The molecule has 1 aromatic heterocycles. The Labute approximate surface area is 122 Å². The van der Waals surface area contributed by atoms with Gasteiger partial charge in [0.2, 0.25) is 0 Å². The molecular weight excluding hydrogens is 264 g/mol. The largest absolute Gasteiger partial charge is 0.508 e. The molecule has 0 atom stereocenters. The van der Waals surface area contributed by atoms with E-state index in [1.165, 1.54) is 0 Å².